The largest absolute Gasteiger partial charge is 0.354 e. The van der Waals surface area contributed by atoms with Crippen molar-refractivity contribution in [2.45, 2.75) is 40.3 Å². The van der Waals surface area contributed by atoms with E-state index in [1.54, 1.807) is 7.05 Å². The molecule has 0 radical (unpaired) electrons. The van der Waals surface area contributed by atoms with E-state index in [9.17, 15) is 0 Å². The van der Waals surface area contributed by atoms with Crippen LogP contribution in [0.3, 0.4) is 0 Å². The van der Waals surface area contributed by atoms with E-state index in [0.29, 0.717) is 18.5 Å². The summed E-state index contributed by atoms with van der Waals surface area (Å²) >= 11 is 0. The lowest BCUT2D eigenvalue weighted by Crippen LogP contribution is -2.43. The number of hydrogen-bond acceptors (Lipinski definition) is 2. The van der Waals surface area contributed by atoms with Gasteiger partial charge in [0.2, 0.25) is 0 Å². The molecule has 0 fully saturated rings. The van der Waals surface area contributed by atoms with Gasteiger partial charge in [0.25, 0.3) is 0 Å². The average molecular weight is 287 g/mol. The molecule has 0 saturated carbocycles. The Kier molecular flexibility index (Phi) is 4.83. The lowest BCUT2D eigenvalue weighted by atomic mass is 10.1. The zero-order chi connectivity index (χ0) is 15.4. The fraction of sp³-hybridized carbons (Fsp3) is 0.500. The number of nitrogens with one attached hydrogen (secondary N) is 2. The second-order valence-corrected chi connectivity index (χ2v) is 5.73. The molecule has 21 heavy (non-hydrogen) atoms. The lowest BCUT2D eigenvalue weighted by molar-refractivity contribution is 0.480. The van der Waals surface area contributed by atoms with Crippen LogP contribution >= 0.6 is 0 Å². The lowest BCUT2D eigenvalue weighted by Gasteiger charge is -2.20. The number of imidazole rings is 1. The summed E-state index contributed by atoms with van der Waals surface area (Å²) in [4.78, 5) is 8.87. The first kappa shape index (κ1) is 15.4. The molecule has 0 aliphatic carbocycles. The fourth-order valence-corrected chi connectivity index (χ4v) is 2.04. The molecule has 1 unspecified atom stereocenters. The van der Waals surface area contributed by atoms with Crippen molar-refractivity contribution < 1.29 is 0 Å². The fourth-order valence-electron chi connectivity index (χ4n) is 2.04. The number of hydrogen-bond donors (Lipinski definition) is 2. The second-order valence-electron chi connectivity index (χ2n) is 5.73. The van der Waals surface area contributed by atoms with Crippen molar-refractivity contribution in [2.75, 3.05) is 7.05 Å². The topological polar surface area (TPSA) is 53.7 Å². The summed E-state index contributed by atoms with van der Waals surface area (Å²) in [6.45, 7) is 9.28. The molecule has 0 saturated heterocycles. The van der Waals surface area contributed by atoms with Crippen LogP contribution in [0, 0.1) is 12.8 Å². The van der Waals surface area contributed by atoms with E-state index >= 15 is 0 Å². The number of fused-ring (bicyclic) bond motifs is 1. The Morgan fingerprint density at radius 1 is 1.33 bits per heavy atom. The predicted molar refractivity (Wildman–Crippen MR) is 87.6 cm³/mol. The zero-order valence-corrected chi connectivity index (χ0v) is 13.5. The van der Waals surface area contributed by atoms with Crippen molar-refractivity contribution >= 4 is 11.6 Å². The maximum Gasteiger partial charge on any atom is 0.191 e. The summed E-state index contributed by atoms with van der Waals surface area (Å²) in [6.07, 6.45) is 2.07. The third-order valence-electron chi connectivity index (χ3n) is 3.77. The molecule has 2 rings (SSSR count). The number of nitrogens with zero attached hydrogens (tertiary/aromatic N) is 3. The summed E-state index contributed by atoms with van der Waals surface area (Å²) in [5, 5.41) is 6.70. The summed E-state index contributed by atoms with van der Waals surface area (Å²) in [5.41, 5.74) is 3.16. The molecule has 0 spiro atoms. The van der Waals surface area contributed by atoms with Gasteiger partial charge in [0, 0.05) is 25.0 Å². The van der Waals surface area contributed by atoms with Gasteiger partial charge in [-0.15, -0.1) is 0 Å². The first-order valence-electron chi connectivity index (χ1n) is 7.42. The van der Waals surface area contributed by atoms with Crippen molar-refractivity contribution in [1.29, 1.82) is 0 Å². The SMILES string of the molecule is CN=C(NCc1cn2c(C)cccc2n1)NC(C)C(C)C. The third kappa shape index (κ3) is 3.74. The summed E-state index contributed by atoms with van der Waals surface area (Å²) < 4.78 is 2.10. The van der Waals surface area contributed by atoms with Crippen molar-refractivity contribution in [1.82, 2.24) is 20.0 Å². The maximum atomic E-state index is 4.61. The minimum absolute atomic E-state index is 0.375. The van der Waals surface area contributed by atoms with Crippen molar-refractivity contribution in [3.63, 3.8) is 0 Å². The molecule has 0 bridgehead atoms. The van der Waals surface area contributed by atoms with Gasteiger partial charge in [-0.1, -0.05) is 19.9 Å². The van der Waals surface area contributed by atoms with E-state index in [1.807, 2.05) is 12.1 Å². The van der Waals surface area contributed by atoms with Crippen LogP contribution in [0.25, 0.3) is 5.65 Å². The molecule has 5 heteroatoms. The molecule has 114 valence electrons. The Labute approximate surface area is 126 Å². The highest BCUT2D eigenvalue weighted by molar-refractivity contribution is 5.79. The van der Waals surface area contributed by atoms with Crippen LogP contribution in [0.1, 0.15) is 32.2 Å². The zero-order valence-electron chi connectivity index (χ0n) is 13.5. The van der Waals surface area contributed by atoms with Crippen LogP contribution in [0.4, 0.5) is 0 Å². The van der Waals surface area contributed by atoms with Crippen LogP contribution in [0.15, 0.2) is 29.4 Å². The third-order valence-corrected chi connectivity index (χ3v) is 3.77. The monoisotopic (exact) mass is 287 g/mol. The summed E-state index contributed by atoms with van der Waals surface area (Å²) in [5.74, 6) is 1.37. The van der Waals surface area contributed by atoms with Crippen LogP contribution in [0.2, 0.25) is 0 Å². The van der Waals surface area contributed by atoms with Crippen molar-refractivity contribution in [2.24, 2.45) is 10.9 Å². The van der Waals surface area contributed by atoms with Gasteiger partial charge in [-0.2, -0.15) is 0 Å². The standard InChI is InChI=1S/C16H25N5/c1-11(2)13(4)19-16(17-5)18-9-14-10-21-12(3)7-6-8-15(21)20-14/h6-8,10-11,13H,9H2,1-5H3,(H2,17,18,19). The minimum atomic E-state index is 0.375. The summed E-state index contributed by atoms with van der Waals surface area (Å²) in [7, 11) is 1.79. The highest BCUT2D eigenvalue weighted by Crippen LogP contribution is 2.08. The number of aryl methyl sites for hydroxylation is 1. The van der Waals surface area contributed by atoms with E-state index in [-0.39, 0.29) is 0 Å². The van der Waals surface area contributed by atoms with Gasteiger partial charge in [-0.05, 0) is 31.9 Å². The van der Waals surface area contributed by atoms with Crippen LogP contribution in [0.5, 0.6) is 0 Å². The molecule has 0 aliphatic heterocycles. The van der Waals surface area contributed by atoms with E-state index in [2.05, 4.69) is 65.0 Å². The highest BCUT2D eigenvalue weighted by atomic mass is 15.2. The van der Waals surface area contributed by atoms with E-state index in [1.165, 1.54) is 5.69 Å². The maximum absolute atomic E-state index is 4.61. The first-order valence-corrected chi connectivity index (χ1v) is 7.42. The van der Waals surface area contributed by atoms with Gasteiger partial charge in [0.1, 0.15) is 5.65 Å². The second kappa shape index (κ2) is 6.61. The summed E-state index contributed by atoms with van der Waals surface area (Å²) in [6, 6.07) is 6.50. The molecular formula is C16H25N5. The molecule has 0 amide bonds. The molecule has 2 heterocycles. The van der Waals surface area contributed by atoms with Crippen LogP contribution < -0.4 is 10.6 Å². The highest BCUT2D eigenvalue weighted by Gasteiger charge is 2.09. The molecule has 1 atom stereocenters. The Balaban J connectivity index is 2.02. The Morgan fingerprint density at radius 3 is 2.71 bits per heavy atom. The van der Waals surface area contributed by atoms with Crippen molar-refractivity contribution in [3.05, 3.63) is 35.8 Å². The van der Waals surface area contributed by atoms with E-state index in [4.69, 9.17) is 0 Å². The van der Waals surface area contributed by atoms with Crippen molar-refractivity contribution in [3.8, 4) is 0 Å². The first-order chi connectivity index (χ1) is 10.0. The predicted octanol–water partition coefficient (Wildman–Crippen LogP) is 2.35. The Morgan fingerprint density at radius 2 is 2.10 bits per heavy atom. The Bertz CT molecular complexity index is 627. The number of aromatic nitrogens is 2. The van der Waals surface area contributed by atoms with Gasteiger partial charge in [0.05, 0.1) is 12.2 Å². The number of aliphatic imine (C=N–C) groups is 1. The molecule has 0 aromatic carbocycles. The average Bonchev–Trinajstić information content (AvgIpc) is 2.87. The van der Waals surface area contributed by atoms with Gasteiger partial charge in [-0.3, -0.25) is 4.99 Å². The van der Waals surface area contributed by atoms with Crippen LogP contribution in [-0.2, 0) is 6.54 Å². The number of pyridine rings is 1. The molecule has 0 aliphatic rings. The minimum Gasteiger partial charge on any atom is -0.354 e. The van der Waals surface area contributed by atoms with Gasteiger partial charge in [0.15, 0.2) is 5.96 Å². The van der Waals surface area contributed by atoms with Crippen LogP contribution in [-0.4, -0.2) is 28.4 Å². The van der Waals surface area contributed by atoms with Gasteiger partial charge < -0.3 is 15.0 Å². The quantitative estimate of drug-likeness (QED) is 0.670. The molecule has 2 aromatic rings. The molecule has 5 nitrogen and oxygen atoms in total. The molecule has 2 N–H and O–H groups in total. The Hall–Kier alpha value is -2.04. The molecule has 2 aromatic heterocycles. The smallest absolute Gasteiger partial charge is 0.191 e. The van der Waals surface area contributed by atoms with Gasteiger partial charge >= 0.3 is 0 Å². The van der Waals surface area contributed by atoms with E-state index < -0.39 is 0 Å². The van der Waals surface area contributed by atoms with E-state index in [0.717, 1.165) is 17.3 Å². The molecular weight excluding hydrogens is 262 g/mol. The number of guanidine groups is 1. The van der Waals surface area contributed by atoms with Gasteiger partial charge in [-0.25, -0.2) is 4.98 Å². The number of rotatable bonds is 4. The normalized spacial score (nSPS) is 13.7.